The number of hydrogen-bond donors (Lipinski definition) is 4. The first-order chi connectivity index (χ1) is 34.2. The lowest BCUT2D eigenvalue weighted by atomic mass is 9.86. The highest BCUT2D eigenvalue weighted by Crippen LogP contribution is 2.35. The number of nitrogens with zero attached hydrogens (tertiary/aromatic N) is 4. The van der Waals surface area contributed by atoms with E-state index in [9.17, 15) is 23.2 Å². The number of aldehydes is 1. The molecule has 2 aromatic heterocycles. The standard InChI is InChI=1S/C29H39FN4O2.C21H25N3.C8H14FNO3/c1-28(2,3)25(31-17-23(30)18-32-27(35)36-29(4,5)6)26-33-24(22-15-11-8-12-16-22)20-34(26)19-21-13-9-7-10-14-21;1-21(2,3)19(22)20-23-18(17-12-8-5-9-13-17)15-24(20)14-16-10-6-4-7-11-16;1-8(2,3)13-7(12)10-4-6(9)5-11/h7-16,20,23,25,31H,17-19H2,1-6H3,(H,32,35);4-13,15,19H,14,22H2,1-3H3;5-6H,4H2,1-3H3,(H,10,12)/t23-,25-;19-;6-/m001/s1. The normalized spacial score (nSPS) is 13.4. The molecule has 394 valence electrons. The fraction of sp³-hybridized carbons (Fsp3) is 0.431. The van der Waals surface area contributed by atoms with Crippen LogP contribution in [0.2, 0.25) is 0 Å². The van der Waals surface area contributed by atoms with Crippen molar-refractivity contribution >= 4 is 18.5 Å². The molecule has 73 heavy (non-hydrogen) atoms. The van der Waals surface area contributed by atoms with Crippen LogP contribution in [0, 0.1) is 10.8 Å². The Labute approximate surface area is 431 Å². The largest absolute Gasteiger partial charge is 0.444 e. The predicted molar refractivity (Wildman–Crippen MR) is 287 cm³/mol. The molecule has 0 saturated heterocycles. The highest BCUT2D eigenvalue weighted by atomic mass is 19.1. The molecule has 6 aromatic rings. The van der Waals surface area contributed by atoms with Crippen molar-refractivity contribution in [3.63, 3.8) is 0 Å². The van der Waals surface area contributed by atoms with E-state index in [1.54, 1.807) is 41.5 Å². The number of rotatable bonds is 16. The Morgan fingerprint density at radius 3 is 1.34 bits per heavy atom. The van der Waals surface area contributed by atoms with Crippen LogP contribution in [0.25, 0.3) is 22.5 Å². The average Bonchev–Trinajstić information content (AvgIpc) is 3.94. The predicted octanol–water partition coefficient (Wildman–Crippen LogP) is 11.8. The van der Waals surface area contributed by atoms with E-state index in [4.69, 9.17) is 25.2 Å². The Kier molecular flexibility index (Phi) is 21.6. The van der Waals surface area contributed by atoms with Gasteiger partial charge in [-0.2, -0.15) is 0 Å². The minimum atomic E-state index is -1.67. The summed E-state index contributed by atoms with van der Waals surface area (Å²) in [5.41, 5.74) is 11.4. The summed E-state index contributed by atoms with van der Waals surface area (Å²) in [6.45, 7) is 24.2. The van der Waals surface area contributed by atoms with Gasteiger partial charge in [0.2, 0.25) is 0 Å². The number of aromatic nitrogens is 4. The lowest BCUT2D eigenvalue weighted by molar-refractivity contribution is -0.111. The van der Waals surface area contributed by atoms with Crippen LogP contribution in [-0.4, -0.2) is 80.8 Å². The molecule has 15 heteroatoms. The van der Waals surface area contributed by atoms with Crippen molar-refractivity contribution in [1.29, 1.82) is 0 Å². The van der Waals surface area contributed by atoms with Gasteiger partial charge in [-0.05, 0) is 63.5 Å². The highest BCUT2D eigenvalue weighted by Gasteiger charge is 2.32. The first-order valence-corrected chi connectivity index (χ1v) is 24.7. The number of carbonyl (C=O) groups excluding carboxylic acids is 3. The van der Waals surface area contributed by atoms with Gasteiger partial charge in [0.15, 0.2) is 12.5 Å². The van der Waals surface area contributed by atoms with Gasteiger partial charge < -0.3 is 45.1 Å². The number of ether oxygens (including phenoxy) is 2. The lowest BCUT2D eigenvalue weighted by Crippen LogP contribution is -2.42. The van der Waals surface area contributed by atoms with Crippen molar-refractivity contribution in [2.45, 2.75) is 132 Å². The van der Waals surface area contributed by atoms with Crippen LogP contribution in [0.4, 0.5) is 18.4 Å². The Balaban J connectivity index is 0.000000267. The second-order valence-electron chi connectivity index (χ2n) is 22.0. The van der Waals surface area contributed by atoms with Crippen LogP contribution in [-0.2, 0) is 27.4 Å². The second-order valence-corrected chi connectivity index (χ2v) is 22.0. The molecule has 0 unspecified atom stereocenters. The van der Waals surface area contributed by atoms with Gasteiger partial charge in [0.1, 0.15) is 29.0 Å². The fourth-order valence-electron chi connectivity index (χ4n) is 7.19. The summed E-state index contributed by atoms with van der Waals surface area (Å²) >= 11 is 0. The maximum absolute atomic E-state index is 14.8. The van der Waals surface area contributed by atoms with Crippen molar-refractivity contribution in [3.05, 3.63) is 156 Å². The van der Waals surface area contributed by atoms with Gasteiger partial charge in [0, 0.05) is 43.2 Å². The van der Waals surface area contributed by atoms with Crippen LogP contribution >= 0.6 is 0 Å². The molecule has 2 amide bonds. The highest BCUT2D eigenvalue weighted by molar-refractivity contribution is 5.69. The topological polar surface area (TPSA) is 167 Å². The van der Waals surface area contributed by atoms with Gasteiger partial charge in [-0.1, -0.05) is 163 Å². The molecule has 0 aliphatic carbocycles. The summed E-state index contributed by atoms with van der Waals surface area (Å²) in [6, 6.07) is 40.6. The number of amides is 2. The van der Waals surface area contributed by atoms with E-state index in [2.05, 4.69) is 128 Å². The number of carbonyl (C=O) groups is 3. The van der Waals surface area contributed by atoms with E-state index in [1.807, 2.05) is 72.8 Å². The summed E-state index contributed by atoms with van der Waals surface area (Å²) in [5.74, 6) is 1.78. The number of imidazole rings is 2. The quantitative estimate of drug-likeness (QED) is 0.0690. The van der Waals surface area contributed by atoms with Crippen LogP contribution in [0.3, 0.4) is 0 Å². The molecular weight excluding hydrogens is 927 g/mol. The van der Waals surface area contributed by atoms with Gasteiger partial charge in [0.25, 0.3) is 0 Å². The summed E-state index contributed by atoms with van der Waals surface area (Å²) in [7, 11) is 0. The fourth-order valence-corrected chi connectivity index (χ4v) is 7.19. The van der Waals surface area contributed by atoms with Crippen molar-refractivity contribution in [2.24, 2.45) is 16.6 Å². The summed E-state index contributed by atoms with van der Waals surface area (Å²) in [5, 5.41) is 8.02. The third-order valence-electron chi connectivity index (χ3n) is 10.9. The monoisotopic (exact) mass is 1000 g/mol. The van der Waals surface area contributed by atoms with Gasteiger partial charge in [-0.25, -0.2) is 28.3 Å². The van der Waals surface area contributed by atoms with E-state index in [-0.39, 0.29) is 48.8 Å². The van der Waals surface area contributed by atoms with E-state index < -0.39 is 35.7 Å². The van der Waals surface area contributed by atoms with Crippen molar-refractivity contribution in [1.82, 2.24) is 35.1 Å². The van der Waals surface area contributed by atoms with Crippen LogP contribution in [0.5, 0.6) is 0 Å². The van der Waals surface area contributed by atoms with Gasteiger partial charge in [0.05, 0.1) is 36.6 Å². The molecule has 0 saturated carbocycles. The number of nitrogens with one attached hydrogen (secondary N) is 3. The molecule has 0 fully saturated rings. The summed E-state index contributed by atoms with van der Waals surface area (Å²) < 4.78 is 41.4. The molecule has 4 aromatic carbocycles. The zero-order valence-electron chi connectivity index (χ0n) is 44.8. The van der Waals surface area contributed by atoms with E-state index in [0.29, 0.717) is 6.54 Å². The average molecular weight is 1010 g/mol. The van der Waals surface area contributed by atoms with Crippen LogP contribution in [0.15, 0.2) is 134 Å². The molecule has 0 spiro atoms. The number of alkyl carbamates (subject to hydrolysis) is 2. The number of benzene rings is 4. The smallest absolute Gasteiger partial charge is 0.407 e. The van der Waals surface area contributed by atoms with Gasteiger partial charge >= 0.3 is 12.2 Å². The second kappa shape index (κ2) is 26.8. The number of halogens is 2. The van der Waals surface area contributed by atoms with Crippen molar-refractivity contribution in [2.75, 3.05) is 19.6 Å². The number of nitrogens with two attached hydrogens (primary N) is 1. The molecule has 0 aliphatic heterocycles. The molecule has 0 radical (unpaired) electrons. The number of alkyl halides is 2. The Morgan fingerprint density at radius 1 is 0.575 bits per heavy atom. The zero-order valence-corrected chi connectivity index (χ0v) is 44.8. The molecule has 2 heterocycles. The van der Waals surface area contributed by atoms with Crippen molar-refractivity contribution in [3.8, 4) is 22.5 Å². The van der Waals surface area contributed by atoms with Crippen molar-refractivity contribution < 1.29 is 32.6 Å². The van der Waals surface area contributed by atoms with E-state index >= 15 is 0 Å². The molecule has 13 nitrogen and oxygen atoms in total. The third kappa shape index (κ3) is 20.7. The SMILES string of the molecule is CC(C)(C)OC(=O)NC[C@@H](F)C=O.CC(C)(C)OC(=O)NC[C@@H](F)CN[C@@H](c1nc(-c2ccccc2)cn1Cc1ccccc1)C(C)(C)C.CC(C)(C)[C@@H](N)c1nc(-c2ccccc2)cn1Cc1ccccc1. The Bertz CT molecular complexity index is 2580. The molecule has 0 aliphatic rings. The van der Waals surface area contributed by atoms with Crippen LogP contribution in [0.1, 0.15) is 118 Å². The van der Waals surface area contributed by atoms with Crippen LogP contribution < -0.4 is 21.7 Å². The maximum atomic E-state index is 14.8. The molecular formula is C58H78F2N8O5. The molecule has 4 atom stereocenters. The van der Waals surface area contributed by atoms with E-state index in [0.717, 1.165) is 46.3 Å². The summed E-state index contributed by atoms with van der Waals surface area (Å²) in [4.78, 5) is 42.5. The Hall–Kier alpha value is -6.71. The minimum Gasteiger partial charge on any atom is -0.444 e. The van der Waals surface area contributed by atoms with E-state index in [1.165, 1.54) is 5.56 Å². The zero-order chi connectivity index (χ0) is 54.0. The molecule has 6 rings (SSSR count). The lowest BCUT2D eigenvalue weighted by Gasteiger charge is -2.32. The summed E-state index contributed by atoms with van der Waals surface area (Å²) in [6.07, 6.45) is -0.00292. The first-order valence-electron chi connectivity index (χ1n) is 24.7. The molecule has 5 N–H and O–H groups in total. The third-order valence-corrected chi connectivity index (χ3v) is 10.9. The maximum Gasteiger partial charge on any atom is 0.407 e. The van der Waals surface area contributed by atoms with Gasteiger partial charge in [-0.15, -0.1) is 0 Å². The van der Waals surface area contributed by atoms with Gasteiger partial charge in [-0.3, -0.25) is 0 Å². The molecule has 0 bridgehead atoms. The Morgan fingerprint density at radius 2 is 0.959 bits per heavy atom. The number of hydrogen-bond acceptors (Lipinski definition) is 9. The minimum absolute atomic E-state index is 0.0479. The first kappa shape index (κ1) is 58.9.